The average Bonchev–Trinajstić information content (AvgIpc) is 3.99. The highest BCUT2D eigenvalue weighted by atomic mass is 19.1. The number of hydrogen-bond acceptors (Lipinski definition) is 10. The van der Waals surface area contributed by atoms with Gasteiger partial charge < -0.3 is 44.9 Å². The van der Waals surface area contributed by atoms with E-state index in [4.69, 9.17) is 14.2 Å². The van der Waals surface area contributed by atoms with Crippen LogP contribution in [0.15, 0.2) is 36.4 Å². The molecule has 18 heteroatoms. The highest BCUT2D eigenvalue weighted by molar-refractivity contribution is 5.98. The Morgan fingerprint density at radius 3 is 2.15 bits per heavy atom. The molecule has 0 aromatic heterocycles. The Morgan fingerprint density at radius 1 is 0.763 bits per heavy atom. The van der Waals surface area contributed by atoms with Gasteiger partial charge in [-0.1, -0.05) is 6.07 Å². The Morgan fingerprint density at radius 2 is 1.41 bits per heavy atom. The molecule has 0 aliphatic carbocycles. The number of esters is 1. The topological polar surface area (TPSA) is 193 Å². The van der Waals surface area contributed by atoms with Gasteiger partial charge in [-0.05, 0) is 94.2 Å². The first-order chi connectivity index (χ1) is 28.3. The molecule has 6 amide bonds. The van der Waals surface area contributed by atoms with Crippen molar-refractivity contribution in [2.75, 3.05) is 26.4 Å². The first kappa shape index (κ1) is 41.4. The van der Waals surface area contributed by atoms with E-state index in [1.807, 2.05) is 0 Å². The second kappa shape index (κ2) is 17.6. The number of piperidine rings is 1. The van der Waals surface area contributed by atoms with E-state index in [1.165, 1.54) is 28.5 Å². The van der Waals surface area contributed by atoms with Gasteiger partial charge in [0.2, 0.25) is 42.2 Å². The normalized spacial score (nSPS) is 26.7. The molecule has 5 aliphatic heterocycles. The minimum Gasteiger partial charge on any atom is -0.458 e. The molecule has 0 unspecified atom stereocenters. The monoisotopic (exact) mass is 822 g/mol. The maximum absolute atomic E-state index is 14.7. The number of halogens is 2. The first-order valence-electron chi connectivity index (χ1n) is 20.1. The van der Waals surface area contributed by atoms with Crippen molar-refractivity contribution in [1.29, 1.82) is 0 Å². The highest BCUT2D eigenvalue weighted by Crippen LogP contribution is 2.33. The third-order valence-electron chi connectivity index (χ3n) is 11.6. The second-order valence-electron chi connectivity index (χ2n) is 15.7. The number of nitrogens with zero attached hydrogens (tertiary/aromatic N) is 3. The molecule has 16 nitrogen and oxygen atoms in total. The van der Waals surface area contributed by atoms with Crippen molar-refractivity contribution < 1.29 is 56.6 Å². The van der Waals surface area contributed by atoms with Crippen LogP contribution in [-0.2, 0) is 51.1 Å². The minimum absolute atomic E-state index is 0.0174. The number of rotatable bonds is 7. The van der Waals surface area contributed by atoms with Gasteiger partial charge in [-0.15, -0.1) is 0 Å². The summed E-state index contributed by atoms with van der Waals surface area (Å²) in [5, 5.41) is 8.02. The molecule has 0 radical (unpaired) electrons. The fraction of sp³-hybridized carbons (Fsp3) is 0.537. The van der Waals surface area contributed by atoms with E-state index in [-0.39, 0.29) is 51.3 Å². The first-order valence-corrected chi connectivity index (χ1v) is 20.1. The summed E-state index contributed by atoms with van der Waals surface area (Å²) in [6.07, 6.45) is 1.07. The minimum atomic E-state index is -1.62. The Bertz CT molecular complexity index is 2000. The van der Waals surface area contributed by atoms with Crippen LogP contribution in [0.5, 0.6) is 11.5 Å². The molecule has 7 rings (SSSR count). The standard InChI is InChI=1S/C41H48F2N6O10/c1-22-38(53)49-14-6-9-31(49)41(56)59-23(2)35(40(55)48-13-5-8-30(48)39(54)47-12-4-3-7-29(47)37(52)44-22)46-36(51)28(17-25-15-26(42)20-27(43)16-25)45-34(50)19-24-10-11-32-33(18-24)58-21-57-32/h10-11,15-16,18,20,22-23,28-31,35H,3-9,12-14,17,19,21H2,1-2H3,(H,44,52)(H,45,50)(H,46,51)/t22-,23-,28-,29-,30-,31-,35-/m0/s1. The van der Waals surface area contributed by atoms with Crippen molar-refractivity contribution in [3.63, 3.8) is 0 Å². The van der Waals surface area contributed by atoms with Crippen molar-refractivity contribution in [1.82, 2.24) is 30.7 Å². The summed E-state index contributed by atoms with van der Waals surface area (Å²) in [6, 6.07) is 0.507. The smallest absolute Gasteiger partial charge is 0.329 e. The van der Waals surface area contributed by atoms with Gasteiger partial charge >= 0.3 is 5.97 Å². The Labute approximate surface area is 339 Å². The van der Waals surface area contributed by atoms with Crippen LogP contribution >= 0.6 is 0 Å². The van der Waals surface area contributed by atoms with E-state index in [1.54, 1.807) is 18.2 Å². The van der Waals surface area contributed by atoms with Gasteiger partial charge in [-0.3, -0.25) is 28.8 Å². The lowest BCUT2D eigenvalue weighted by atomic mass is 9.99. The van der Waals surface area contributed by atoms with Crippen LogP contribution in [0.4, 0.5) is 8.78 Å². The molecular weight excluding hydrogens is 774 g/mol. The van der Waals surface area contributed by atoms with Crippen molar-refractivity contribution in [2.45, 2.75) is 114 Å². The lowest BCUT2D eigenvalue weighted by Gasteiger charge is -2.39. The van der Waals surface area contributed by atoms with Crippen molar-refractivity contribution in [3.8, 4) is 11.5 Å². The molecule has 0 saturated carbocycles. The van der Waals surface area contributed by atoms with E-state index in [2.05, 4.69) is 16.0 Å². The van der Waals surface area contributed by atoms with E-state index < -0.39 is 102 Å². The third kappa shape index (κ3) is 9.10. The number of carbonyl (C=O) groups is 7. The van der Waals surface area contributed by atoms with Crippen LogP contribution in [0.25, 0.3) is 0 Å². The fourth-order valence-corrected chi connectivity index (χ4v) is 8.64. The zero-order valence-electron chi connectivity index (χ0n) is 32.9. The molecule has 7 atom stereocenters. The van der Waals surface area contributed by atoms with Gasteiger partial charge in [0.1, 0.15) is 54.0 Å². The molecule has 4 fully saturated rings. The molecule has 2 aromatic carbocycles. The summed E-state index contributed by atoms with van der Waals surface area (Å²) in [7, 11) is 0. The van der Waals surface area contributed by atoms with Gasteiger partial charge in [0.25, 0.3) is 0 Å². The van der Waals surface area contributed by atoms with Gasteiger partial charge in [-0.2, -0.15) is 0 Å². The lowest BCUT2D eigenvalue weighted by molar-refractivity contribution is -0.163. The van der Waals surface area contributed by atoms with Crippen LogP contribution in [0.1, 0.15) is 69.9 Å². The number of cyclic esters (lactones) is 1. The quantitative estimate of drug-likeness (QED) is 0.343. The van der Waals surface area contributed by atoms with Gasteiger partial charge in [0.05, 0.1) is 6.42 Å². The molecule has 3 N–H and O–H groups in total. The Hall–Kier alpha value is -5.81. The van der Waals surface area contributed by atoms with E-state index in [9.17, 15) is 42.3 Å². The largest absolute Gasteiger partial charge is 0.458 e. The number of ether oxygens (including phenoxy) is 3. The van der Waals surface area contributed by atoms with Crippen molar-refractivity contribution in [2.24, 2.45) is 0 Å². The van der Waals surface area contributed by atoms with Crippen LogP contribution in [0, 0.1) is 11.6 Å². The maximum Gasteiger partial charge on any atom is 0.329 e. The molecule has 316 valence electrons. The molecule has 59 heavy (non-hydrogen) atoms. The van der Waals surface area contributed by atoms with E-state index in [0.717, 1.165) is 12.1 Å². The molecule has 0 spiro atoms. The lowest BCUT2D eigenvalue weighted by Crippen LogP contribution is -2.63. The molecule has 0 bridgehead atoms. The van der Waals surface area contributed by atoms with Crippen molar-refractivity contribution in [3.05, 3.63) is 59.2 Å². The molecular formula is C41H48F2N6O10. The van der Waals surface area contributed by atoms with Crippen LogP contribution in [0.2, 0.25) is 0 Å². The number of fused-ring (bicyclic) bond motifs is 4. The number of benzene rings is 2. The molecule has 5 aliphatic rings. The summed E-state index contributed by atoms with van der Waals surface area (Å²) in [4.78, 5) is 102. The Kier molecular flexibility index (Phi) is 12.3. The van der Waals surface area contributed by atoms with Crippen LogP contribution < -0.4 is 25.4 Å². The molecule has 4 saturated heterocycles. The predicted octanol–water partition coefficient (Wildman–Crippen LogP) is 1.26. The van der Waals surface area contributed by atoms with Gasteiger partial charge in [0.15, 0.2) is 11.5 Å². The van der Waals surface area contributed by atoms with Crippen molar-refractivity contribution >= 4 is 41.4 Å². The zero-order chi connectivity index (χ0) is 42.0. The summed E-state index contributed by atoms with van der Waals surface area (Å²) < 4.78 is 45.3. The van der Waals surface area contributed by atoms with E-state index >= 15 is 0 Å². The number of amides is 6. The van der Waals surface area contributed by atoms with Gasteiger partial charge in [0, 0.05) is 32.1 Å². The average molecular weight is 823 g/mol. The Balaban J connectivity index is 1.19. The van der Waals surface area contributed by atoms with E-state index in [0.29, 0.717) is 55.2 Å². The number of nitrogens with one attached hydrogen (secondary N) is 3. The summed E-state index contributed by atoms with van der Waals surface area (Å²) in [5.41, 5.74) is 0.545. The predicted molar refractivity (Wildman–Crippen MR) is 202 cm³/mol. The van der Waals surface area contributed by atoms with Crippen LogP contribution in [-0.4, -0.2) is 125 Å². The van der Waals surface area contributed by atoms with Crippen LogP contribution in [0.3, 0.4) is 0 Å². The zero-order valence-corrected chi connectivity index (χ0v) is 32.9. The highest BCUT2D eigenvalue weighted by Gasteiger charge is 2.46. The third-order valence-corrected chi connectivity index (χ3v) is 11.6. The molecule has 5 heterocycles. The fourth-order valence-electron chi connectivity index (χ4n) is 8.64. The molecule has 2 aromatic rings. The number of carbonyl (C=O) groups excluding carboxylic acids is 7. The summed E-state index contributed by atoms with van der Waals surface area (Å²) in [5.74, 6) is -5.55. The summed E-state index contributed by atoms with van der Waals surface area (Å²) in [6.45, 7) is 3.53. The SMILES string of the molecule is C[C@@H]1NC(=O)[C@@H]2CCCCN2C(=O)[C@@H]2CCCN2C(=O)[C@@H](NC(=O)[C@H](Cc2cc(F)cc(F)c2)NC(=O)Cc2ccc3c(c2)OCO3)[C@H](C)OC(=O)[C@@H]2CCCN2C1=O. The maximum atomic E-state index is 14.7. The summed E-state index contributed by atoms with van der Waals surface area (Å²) >= 11 is 0. The number of hydrogen-bond donors (Lipinski definition) is 3. The van der Waals surface area contributed by atoms with Gasteiger partial charge in [-0.25, -0.2) is 13.6 Å². The second-order valence-corrected chi connectivity index (χ2v) is 15.7.